The third kappa shape index (κ3) is 6.19. The van der Waals surface area contributed by atoms with Crippen molar-refractivity contribution in [1.82, 2.24) is 5.32 Å². The first-order valence-electron chi connectivity index (χ1n) is 3.55. The second-order valence-corrected chi connectivity index (χ2v) is 3.55. The zero-order valence-corrected chi connectivity index (χ0v) is 7.91. The second-order valence-electron chi connectivity index (χ2n) is 2.44. The van der Waals surface area contributed by atoms with Gasteiger partial charge in [-0.15, -0.1) is 0 Å². The van der Waals surface area contributed by atoms with E-state index in [2.05, 4.69) is 5.32 Å². The van der Waals surface area contributed by atoms with E-state index in [1.807, 2.05) is 0 Å². The summed E-state index contributed by atoms with van der Waals surface area (Å²) in [7, 11) is -2.60. The van der Waals surface area contributed by atoms with Gasteiger partial charge in [0.25, 0.3) is 0 Å². The number of carboxylic acids is 1. The molecular formula is C6H10NO5P. The first kappa shape index (κ1) is 12.0. The summed E-state index contributed by atoms with van der Waals surface area (Å²) >= 11 is 0. The molecule has 13 heavy (non-hydrogen) atoms. The van der Waals surface area contributed by atoms with E-state index in [0.717, 1.165) is 0 Å². The van der Waals surface area contributed by atoms with Crippen LogP contribution in [0.2, 0.25) is 0 Å². The van der Waals surface area contributed by atoms with E-state index in [1.165, 1.54) is 6.92 Å². The fourth-order valence-corrected chi connectivity index (χ4v) is 1.21. The molecule has 74 valence electrons. The van der Waals surface area contributed by atoms with Gasteiger partial charge in [-0.3, -0.25) is 4.79 Å². The molecule has 0 aliphatic heterocycles. The number of carboxylic acid groups (broad SMARTS) is 1. The normalized spacial score (nSPS) is 13.2. The highest BCUT2D eigenvalue weighted by atomic mass is 31.1. The predicted molar refractivity (Wildman–Crippen MR) is 42.3 cm³/mol. The standard InChI is InChI=1S/C6H10NO5P/c1-4(8)7-5(6(9)10)2-3-13(11)12/h5H,2-3H2,1H3,(H,7,8)(H,9,10)/t5-/m0/s1. The molecule has 7 heteroatoms. The lowest BCUT2D eigenvalue weighted by molar-refractivity contribution is -0.164. The van der Waals surface area contributed by atoms with Gasteiger partial charge < -0.3 is 15.3 Å². The summed E-state index contributed by atoms with van der Waals surface area (Å²) in [5.41, 5.74) is 0. The van der Waals surface area contributed by atoms with Gasteiger partial charge in [-0.1, -0.05) is 4.57 Å². The Balaban J connectivity index is 4.02. The Bertz CT molecular complexity index is 229. The van der Waals surface area contributed by atoms with E-state index < -0.39 is 25.9 Å². The van der Waals surface area contributed by atoms with Crippen LogP contribution in [0, 0.1) is 0 Å². The van der Waals surface area contributed by atoms with Gasteiger partial charge in [0.15, 0.2) is 0 Å². The van der Waals surface area contributed by atoms with Crippen molar-refractivity contribution in [1.29, 1.82) is 0 Å². The summed E-state index contributed by atoms with van der Waals surface area (Å²) in [6, 6.07) is -1.12. The third-order valence-electron chi connectivity index (χ3n) is 1.28. The van der Waals surface area contributed by atoms with Gasteiger partial charge in [0.1, 0.15) is 12.2 Å². The van der Waals surface area contributed by atoms with Crippen molar-refractivity contribution in [2.75, 3.05) is 6.16 Å². The van der Waals surface area contributed by atoms with Gasteiger partial charge in [0.2, 0.25) is 5.91 Å². The van der Waals surface area contributed by atoms with Crippen LogP contribution in [-0.4, -0.2) is 29.2 Å². The van der Waals surface area contributed by atoms with Crippen LogP contribution >= 0.6 is 8.03 Å². The van der Waals surface area contributed by atoms with Crippen LogP contribution in [0.15, 0.2) is 0 Å². The lowest BCUT2D eigenvalue weighted by atomic mass is 10.2. The zero-order valence-electron chi connectivity index (χ0n) is 7.02. The first-order valence-corrected chi connectivity index (χ1v) is 4.91. The summed E-state index contributed by atoms with van der Waals surface area (Å²) in [5, 5.41) is 10.7. The number of aliphatic carboxylic acids is 1. The molecule has 0 saturated heterocycles. The number of amides is 1. The Morgan fingerprint density at radius 2 is 2.15 bits per heavy atom. The summed E-state index contributed by atoms with van der Waals surface area (Å²) in [6.07, 6.45) is -0.347. The topological polar surface area (TPSA) is 107 Å². The molecule has 0 aromatic rings. The minimum atomic E-state index is -2.60. The molecule has 0 rings (SSSR count). The van der Waals surface area contributed by atoms with E-state index in [1.54, 1.807) is 0 Å². The Labute approximate surface area is 75.8 Å². The molecule has 0 aliphatic carbocycles. The summed E-state index contributed by atoms with van der Waals surface area (Å²) < 4.78 is 10.1. The monoisotopic (exact) mass is 207 g/mol. The molecule has 0 bridgehead atoms. The Morgan fingerprint density at radius 3 is 2.46 bits per heavy atom. The van der Waals surface area contributed by atoms with Gasteiger partial charge >= 0.3 is 14.0 Å². The van der Waals surface area contributed by atoms with Crippen LogP contribution in [0.4, 0.5) is 0 Å². The lowest BCUT2D eigenvalue weighted by Crippen LogP contribution is -2.40. The van der Waals surface area contributed by atoms with Gasteiger partial charge in [0.05, 0.1) is 0 Å². The van der Waals surface area contributed by atoms with Crippen LogP contribution in [-0.2, 0) is 14.2 Å². The fourth-order valence-electron chi connectivity index (χ4n) is 0.737. The molecular weight excluding hydrogens is 197 g/mol. The molecule has 2 atom stereocenters. The van der Waals surface area contributed by atoms with Gasteiger partial charge in [0, 0.05) is 13.3 Å². The highest BCUT2D eigenvalue weighted by Crippen LogP contribution is 2.10. The second kappa shape index (κ2) is 5.61. The van der Waals surface area contributed by atoms with Crippen molar-refractivity contribution in [3.63, 3.8) is 0 Å². The molecule has 1 amide bonds. The van der Waals surface area contributed by atoms with Crippen molar-refractivity contribution >= 4 is 19.9 Å². The van der Waals surface area contributed by atoms with E-state index in [-0.39, 0.29) is 12.6 Å². The Morgan fingerprint density at radius 1 is 1.62 bits per heavy atom. The third-order valence-corrected chi connectivity index (χ3v) is 1.90. The van der Waals surface area contributed by atoms with Crippen molar-refractivity contribution < 1.29 is 24.2 Å². The molecule has 0 radical (unpaired) electrons. The van der Waals surface area contributed by atoms with Crippen LogP contribution in [0.1, 0.15) is 13.3 Å². The summed E-state index contributed by atoms with van der Waals surface area (Å²) in [6.45, 7) is 1.17. The van der Waals surface area contributed by atoms with Crippen molar-refractivity contribution in [2.45, 2.75) is 19.4 Å². The van der Waals surface area contributed by atoms with Crippen LogP contribution in [0.5, 0.6) is 0 Å². The highest BCUT2D eigenvalue weighted by Gasteiger charge is 2.20. The number of carbonyl (C=O) groups is 2. The maximum atomic E-state index is 10.5. The first-order chi connectivity index (χ1) is 5.93. The maximum absolute atomic E-state index is 10.5. The van der Waals surface area contributed by atoms with Crippen LogP contribution in [0.25, 0.3) is 0 Å². The smallest absolute Gasteiger partial charge is 0.326 e. The zero-order chi connectivity index (χ0) is 10.4. The van der Waals surface area contributed by atoms with Crippen molar-refractivity contribution in [2.24, 2.45) is 0 Å². The number of hydrogen-bond acceptors (Lipinski definition) is 4. The molecule has 0 spiro atoms. The highest BCUT2D eigenvalue weighted by molar-refractivity contribution is 7.36. The average molecular weight is 207 g/mol. The molecule has 0 aromatic carbocycles. The van der Waals surface area contributed by atoms with Gasteiger partial charge in [-0.2, -0.15) is 0 Å². The number of nitrogens with one attached hydrogen (secondary N) is 1. The molecule has 0 aliphatic rings. The quantitative estimate of drug-likeness (QED) is 0.566. The molecule has 0 aromatic heterocycles. The average Bonchev–Trinajstić information content (AvgIpc) is 1.96. The van der Waals surface area contributed by atoms with E-state index >= 15 is 0 Å². The maximum Gasteiger partial charge on any atom is 0.326 e. The molecule has 0 saturated carbocycles. The van der Waals surface area contributed by atoms with Gasteiger partial charge in [-0.25, -0.2) is 4.79 Å². The lowest BCUT2D eigenvalue weighted by Gasteiger charge is -2.09. The molecule has 6 nitrogen and oxygen atoms in total. The minimum absolute atomic E-state index is 0.104. The van der Waals surface area contributed by atoms with E-state index in [0.29, 0.717) is 0 Å². The number of hydrogen-bond donors (Lipinski definition) is 2. The van der Waals surface area contributed by atoms with E-state index in [4.69, 9.17) is 5.11 Å². The van der Waals surface area contributed by atoms with E-state index in [9.17, 15) is 19.0 Å². The van der Waals surface area contributed by atoms with Crippen molar-refractivity contribution in [3.05, 3.63) is 0 Å². The predicted octanol–water partition coefficient (Wildman–Crippen LogP) is -0.931. The Kier molecular flexibility index (Phi) is 5.18. The number of rotatable bonds is 5. The molecule has 0 heterocycles. The largest absolute Gasteiger partial charge is 0.596 e. The summed E-state index contributed by atoms with van der Waals surface area (Å²) in [5.74, 6) is -1.72. The fraction of sp³-hybridized carbons (Fsp3) is 0.667. The van der Waals surface area contributed by atoms with Crippen LogP contribution < -0.4 is 10.2 Å². The van der Waals surface area contributed by atoms with Gasteiger partial charge in [-0.05, 0) is 0 Å². The molecule has 2 N–H and O–H groups in total. The minimum Gasteiger partial charge on any atom is -0.596 e. The molecule has 1 unspecified atom stereocenters. The SMILES string of the molecule is CC(=O)N[C@@H](CC[P+](=O)[O-])C(=O)O. The molecule has 0 fully saturated rings. The van der Waals surface area contributed by atoms with Crippen LogP contribution in [0.3, 0.4) is 0 Å². The summed E-state index contributed by atoms with van der Waals surface area (Å²) in [4.78, 5) is 31.1. The number of carbonyl (C=O) groups excluding carboxylic acids is 1. The van der Waals surface area contributed by atoms with Crippen molar-refractivity contribution in [3.8, 4) is 0 Å². The Hall–Kier alpha value is -1.00.